The number of H-pyrrole nitrogens is 1. The number of aromatic nitrogens is 6. The van der Waals surface area contributed by atoms with Gasteiger partial charge in [-0.1, -0.05) is 10.3 Å². The van der Waals surface area contributed by atoms with Crippen molar-refractivity contribution in [2.75, 3.05) is 0 Å². The average molecular weight is 294 g/mol. The molecule has 0 spiro atoms. The summed E-state index contributed by atoms with van der Waals surface area (Å²) in [6, 6.07) is 1.06. The van der Waals surface area contributed by atoms with Crippen molar-refractivity contribution in [2.24, 2.45) is 0 Å². The smallest absolute Gasteiger partial charge is 0.358 e. The topological polar surface area (TPSA) is 193 Å². The fraction of sp³-hybridized carbons (Fsp3) is 0. The second kappa shape index (κ2) is 4.44. The molecular weight excluding hydrogens is 292 g/mol. The highest BCUT2D eigenvalue weighted by atomic mass is 16.6. The molecule has 0 fully saturated rings. The number of aromatic amines is 1. The monoisotopic (exact) mass is 294 g/mol. The summed E-state index contributed by atoms with van der Waals surface area (Å²) in [6.45, 7) is 0. The van der Waals surface area contributed by atoms with Gasteiger partial charge in [0.1, 0.15) is 0 Å². The fourth-order valence-corrected chi connectivity index (χ4v) is 1.38. The number of rotatable bonds is 4. The highest BCUT2D eigenvalue weighted by molar-refractivity contribution is 5.60. The van der Waals surface area contributed by atoms with E-state index in [0.29, 0.717) is 0 Å². The van der Waals surface area contributed by atoms with Gasteiger partial charge in [0.15, 0.2) is 10.9 Å². The Morgan fingerprint density at radius 1 is 1.14 bits per heavy atom. The van der Waals surface area contributed by atoms with Gasteiger partial charge in [-0.25, -0.2) is 0 Å². The van der Waals surface area contributed by atoms with Crippen LogP contribution in [0.5, 0.6) is 0 Å². The molecule has 14 nitrogen and oxygen atoms in total. The lowest BCUT2D eigenvalue weighted by Crippen LogP contribution is -1.92. The minimum atomic E-state index is -0.832. The second-order valence-corrected chi connectivity index (χ2v) is 3.51. The summed E-state index contributed by atoms with van der Waals surface area (Å²) in [4.78, 5) is 23.5. The molecule has 0 aliphatic carbocycles. The predicted octanol–water partition coefficient (Wildman–Crippen LogP) is 0.326. The van der Waals surface area contributed by atoms with E-state index >= 15 is 0 Å². The van der Waals surface area contributed by atoms with Crippen molar-refractivity contribution in [1.29, 1.82) is 0 Å². The highest BCUT2D eigenvalue weighted by Gasteiger charge is 2.29. The second-order valence-electron chi connectivity index (χ2n) is 3.51. The van der Waals surface area contributed by atoms with Gasteiger partial charge in [-0.3, -0.25) is 0 Å². The molecular formula is C7H2N8O6. The van der Waals surface area contributed by atoms with E-state index in [1.165, 1.54) is 0 Å². The Bertz CT molecular complexity index is 832. The molecule has 0 aliphatic heterocycles. The van der Waals surface area contributed by atoms with Gasteiger partial charge in [0.05, 0.1) is 6.07 Å². The summed E-state index contributed by atoms with van der Waals surface area (Å²) >= 11 is 0. The van der Waals surface area contributed by atoms with Gasteiger partial charge in [-0.15, -0.1) is 9.73 Å². The molecule has 0 unspecified atom stereocenters. The lowest BCUT2D eigenvalue weighted by Gasteiger charge is -1.85. The molecule has 0 atom stereocenters. The van der Waals surface area contributed by atoms with Gasteiger partial charge in [0.25, 0.3) is 11.6 Å². The van der Waals surface area contributed by atoms with Crippen LogP contribution in [-0.4, -0.2) is 40.5 Å². The first-order valence-electron chi connectivity index (χ1n) is 5.07. The number of hydrogen-bond acceptors (Lipinski definition) is 11. The van der Waals surface area contributed by atoms with Gasteiger partial charge < -0.3 is 24.8 Å². The zero-order chi connectivity index (χ0) is 15.0. The van der Waals surface area contributed by atoms with Crippen LogP contribution >= 0.6 is 0 Å². The van der Waals surface area contributed by atoms with Crippen LogP contribution in [0, 0.1) is 20.2 Å². The maximum absolute atomic E-state index is 10.7. The van der Waals surface area contributed by atoms with E-state index in [9.17, 15) is 20.2 Å². The van der Waals surface area contributed by atoms with Gasteiger partial charge in [-0.2, -0.15) is 4.98 Å². The number of hydrogen-bond donors (Lipinski definition) is 1. The maximum Gasteiger partial charge on any atom is 0.446 e. The molecule has 3 aromatic heterocycles. The Morgan fingerprint density at radius 3 is 2.62 bits per heavy atom. The molecule has 0 saturated heterocycles. The maximum atomic E-state index is 10.7. The molecule has 3 rings (SSSR count). The van der Waals surface area contributed by atoms with Crippen molar-refractivity contribution in [3.05, 3.63) is 26.3 Å². The predicted molar refractivity (Wildman–Crippen MR) is 58.5 cm³/mol. The summed E-state index contributed by atoms with van der Waals surface area (Å²) in [7, 11) is 0. The number of nitrogens with one attached hydrogen (secondary N) is 1. The summed E-state index contributed by atoms with van der Waals surface area (Å²) < 4.78 is 9.04. The van der Waals surface area contributed by atoms with Gasteiger partial charge in [-0.05, 0) is 15.0 Å². The van der Waals surface area contributed by atoms with Crippen LogP contribution in [0.4, 0.5) is 11.6 Å². The summed E-state index contributed by atoms with van der Waals surface area (Å²) in [5.41, 5.74) is -0.334. The van der Waals surface area contributed by atoms with Crippen LogP contribution in [0.3, 0.4) is 0 Å². The first-order chi connectivity index (χ1) is 10.1. The van der Waals surface area contributed by atoms with Crippen LogP contribution in [0.15, 0.2) is 15.2 Å². The van der Waals surface area contributed by atoms with Crippen molar-refractivity contribution in [3.8, 4) is 23.1 Å². The standard InChI is InChI=1S/C7H2N8O6/c16-14(17)3-1-2(9-10-3)7-8-5(12-20-7)4-6(15(18)19)13-21-11-4/h1H,(H,9,10). The first kappa shape index (κ1) is 12.3. The normalized spacial score (nSPS) is 10.7. The highest BCUT2D eigenvalue weighted by Crippen LogP contribution is 2.26. The molecule has 0 radical (unpaired) electrons. The lowest BCUT2D eigenvalue weighted by atomic mass is 10.4. The van der Waals surface area contributed by atoms with Crippen molar-refractivity contribution in [2.45, 2.75) is 0 Å². The van der Waals surface area contributed by atoms with Crippen LogP contribution in [0.2, 0.25) is 0 Å². The Balaban J connectivity index is 1.97. The number of nitrogens with zero attached hydrogens (tertiary/aromatic N) is 7. The Hall–Kier alpha value is -3.71. The van der Waals surface area contributed by atoms with Crippen molar-refractivity contribution in [3.63, 3.8) is 0 Å². The van der Waals surface area contributed by atoms with Crippen LogP contribution < -0.4 is 0 Å². The fourth-order valence-electron chi connectivity index (χ4n) is 1.38. The quantitative estimate of drug-likeness (QED) is 0.514. The van der Waals surface area contributed by atoms with E-state index in [0.717, 1.165) is 6.07 Å². The van der Waals surface area contributed by atoms with Crippen molar-refractivity contribution >= 4 is 11.6 Å². The van der Waals surface area contributed by atoms with Gasteiger partial charge >= 0.3 is 11.6 Å². The van der Waals surface area contributed by atoms with Crippen LogP contribution in [-0.2, 0) is 0 Å². The molecule has 0 saturated carbocycles. The zero-order valence-electron chi connectivity index (χ0n) is 9.66. The molecule has 0 amide bonds. The van der Waals surface area contributed by atoms with E-state index < -0.39 is 15.7 Å². The molecule has 1 N–H and O–H groups in total. The third kappa shape index (κ3) is 2.05. The van der Waals surface area contributed by atoms with Crippen molar-refractivity contribution in [1.82, 2.24) is 30.7 Å². The van der Waals surface area contributed by atoms with E-state index in [-0.39, 0.29) is 28.9 Å². The van der Waals surface area contributed by atoms with Gasteiger partial charge in [0, 0.05) is 0 Å². The van der Waals surface area contributed by atoms with Crippen LogP contribution in [0.25, 0.3) is 23.1 Å². The third-order valence-corrected chi connectivity index (χ3v) is 2.26. The lowest BCUT2D eigenvalue weighted by molar-refractivity contribution is -0.390. The van der Waals surface area contributed by atoms with Crippen LogP contribution in [0.1, 0.15) is 0 Å². The summed E-state index contributed by atoms with van der Waals surface area (Å²) in [6.07, 6.45) is 0. The van der Waals surface area contributed by atoms with Gasteiger partial charge in [0.2, 0.25) is 5.82 Å². The molecule has 3 heterocycles. The molecule has 106 valence electrons. The molecule has 21 heavy (non-hydrogen) atoms. The summed E-state index contributed by atoms with van der Waals surface area (Å²) in [5.74, 6) is -1.51. The minimum Gasteiger partial charge on any atom is -0.358 e. The Morgan fingerprint density at radius 2 is 1.95 bits per heavy atom. The first-order valence-corrected chi connectivity index (χ1v) is 5.07. The SMILES string of the molecule is O=[N+]([O-])c1cc(-c2nc(-c3nonc3[N+](=O)[O-])no2)n[nH]1. The summed E-state index contributed by atoms with van der Waals surface area (Å²) in [5, 5.41) is 36.8. The molecule has 0 bridgehead atoms. The van der Waals surface area contributed by atoms with E-state index in [4.69, 9.17) is 4.52 Å². The molecule has 3 aromatic rings. The van der Waals surface area contributed by atoms with E-state index in [1.807, 2.05) is 0 Å². The number of nitro groups is 2. The van der Waals surface area contributed by atoms with Crippen molar-refractivity contribution < 1.29 is 19.0 Å². The molecule has 14 heteroatoms. The average Bonchev–Trinajstić information content (AvgIpc) is 3.17. The minimum absolute atomic E-state index is 0.000410. The Labute approximate surface area is 112 Å². The van der Waals surface area contributed by atoms with E-state index in [2.05, 4.69) is 35.3 Å². The molecule has 0 aromatic carbocycles. The van der Waals surface area contributed by atoms with E-state index in [1.54, 1.807) is 0 Å². The zero-order valence-corrected chi connectivity index (χ0v) is 9.66. The largest absolute Gasteiger partial charge is 0.446 e. The molecule has 0 aliphatic rings. The Kier molecular flexibility index (Phi) is 2.61. The third-order valence-electron chi connectivity index (χ3n) is 2.26.